The highest BCUT2D eigenvalue weighted by Gasteiger charge is 2.11. The van der Waals surface area contributed by atoms with Gasteiger partial charge in [-0.1, -0.05) is 31.7 Å². The highest BCUT2D eigenvalue weighted by atomic mass is 16.5. The Balaban J connectivity index is 1.83. The summed E-state index contributed by atoms with van der Waals surface area (Å²) in [7, 11) is 0. The van der Waals surface area contributed by atoms with Gasteiger partial charge < -0.3 is 10.1 Å². The number of rotatable bonds is 5. The molecule has 0 spiro atoms. The average Bonchev–Trinajstić information content (AvgIpc) is 2.72. The Bertz CT molecular complexity index is 417. The van der Waals surface area contributed by atoms with Crippen molar-refractivity contribution in [2.75, 3.05) is 18.5 Å². The summed E-state index contributed by atoms with van der Waals surface area (Å²) >= 11 is 0. The molecule has 0 unspecified atom stereocenters. The molecule has 2 rings (SSSR count). The summed E-state index contributed by atoms with van der Waals surface area (Å²) in [6.07, 6.45) is 8.23. The van der Waals surface area contributed by atoms with E-state index in [0.717, 1.165) is 23.9 Å². The van der Waals surface area contributed by atoms with E-state index >= 15 is 0 Å². The number of anilines is 1. The number of hydrogen-bond donors (Lipinski definition) is 1. The van der Waals surface area contributed by atoms with Crippen LogP contribution in [0.15, 0.2) is 24.3 Å². The Hall–Kier alpha value is -1.69. The van der Waals surface area contributed by atoms with Crippen molar-refractivity contribution in [3.63, 3.8) is 0 Å². The zero-order valence-electron chi connectivity index (χ0n) is 11.4. The summed E-state index contributed by atoms with van der Waals surface area (Å²) in [6, 6.07) is 9.85. The topological polar surface area (TPSA) is 45.0 Å². The van der Waals surface area contributed by atoms with Crippen LogP contribution in [0.2, 0.25) is 0 Å². The smallest absolute Gasteiger partial charge is 0.174 e. The van der Waals surface area contributed by atoms with Crippen molar-refractivity contribution in [1.29, 1.82) is 5.26 Å². The van der Waals surface area contributed by atoms with E-state index in [-0.39, 0.29) is 6.61 Å². The molecule has 1 saturated carbocycles. The van der Waals surface area contributed by atoms with E-state index < -0.39 is 0 Å². The van der Waals surface area contributed by atoms with Crippen LogP contribution in [0.4, 0.5) is 5.69 Å². The third-order valence-corrected chi connectivity index (χ3v) is 3.71. The molecule has 0 saturated heterocycles. The van der Waals surface area contributed by atoms with Gasteiger partial charge in [0.25, 0.3) is 0 Å². The molecule has 1 aliphatic carbocycles. The number of nitrogens with zero attached hydrogens (tertiary/aromatic N) is 1. The lowest BCUT2D eigenvalue weighted by Gasteiger charge is -2.16. The Morgan fingerprint density at radius 1 is 1.21 bits per heavy atom. The van der Waals surface area contributed by atoms with E-state index in [1.54, 1.807) is 0 Å². The summed E-state index contributed by atoms with van der Waals surface area (Å²) < 4.78 is 5.31. The number of nitriles is 1. The molecular formula is C16H22N2O. The highest BCUT2D eigenvalue weighted by Crippen LogP contribution is 2.24. The fourth-order valence-corrected chi connectivity index (χ4v) is 2.64. The third-order valence-electron chi connectivity index (χ3n) is 3.71. The standard InChI is InChI=1S/C16H22N2O/c17-10-11-19-16-9-5-8-15(12-16)18-13-14-6-3-1-2-4-7-14/h5,8-9,12,14,18H,1-4,6-7,11,13H2. The first kappa shape index (κ1) is 13.7. The van der Waals surface area contributed by atoms with E-state index in [2.05, 4.69) is 11.4 Å². The Kier molecular flexibility index (Phi) is 5.55. The lowest BCUT2D eigenvalue weighted by atomic mass is 10.0. The van der Waals surface area contributed by atoms with Gasteiger partial charge in [-0.2, -0.15) is 5.26 Å². The molecule has 1 aromatic rings. The van der Waals surface area contributed by atoms with Crippen molar-refractivity contribution in [2.45, 2.75) is 38.5 Å². The molecule has 19 heavy (non-hydrogen) atoms. The molecule has 1 aliphatic rings. The van der Waals surface area contributed by atoms with Gasteiger partial charge in [0.05, 0.1) is 0 Å². The van der Waals surface area contributed by atoms with Crippen molar-refractivity contribution >= 4 is 5.69 Å². The predicted octanol–water partition coefficient (Wildman–Crippen LogP) is 3.97. The molecule has 0 aromatic heterocycles. The summed E-state index contributed by atoms with van der Waals surface area (Å²) in [5, 5.41) is 12.0. The average molecular weight is 258 g/mol. The van der Waals surface area contributed by atoms with Crippen LogP contribution >= 0.6 is 0 Å². The number of ether oxygens (including phenoxy) is 1. The number of nitrogens with one attached hydrogen (secondary N) is 1. The first-order chi connectivity index (χ1) is 9.38. The molecule has 1 fully saturated rings. The zero-order chi connectivity index (χ0) is 13.3. The van der Waals surface area contributed by atoms with Gasteiger partial charge in [0.2, 0.25) is 0 Å². The van der Waals surface area contributed by atoms with E-state index in [1.165, 1.54) is 38.5 Å². The first-order valence-corrected chi connectivity index (χ1v) is 7.22. The SMILES string of the molecule is N#CCOc1cccc(NCC2CCCCCC2)c1. The van der Waals surface area contributed by atoms with Crippen LogP contribution in [0.1, 0.15) is 38.5 Å². The van der Waals surface area contributed by atoms with Crippen LogP contribution in [-0.2, 0) is 0 Å². The molecule has 1 N–H and O–H groups in total. The van der Waals surface area contributed by atoms with Crippen molar-refractivity contribution in [1.82, 2.24) is 0 Å². The maximum atomic E-state index is 8.51. The van der Waals surface area contributed by atoms with Gasteiger partial charge >= 0.3 is 0 Å². The van der Waals surface area contributed by atoms with Crippen molar-refractivity contribution in [3.05, 3.63) is 24.3 Å². The van der Waals surface area contributed by atoms with Crippen LogP contribution in [0.5, 0.6) is 5.75 Å². The maximum absolute atomic E-state index is 8.51. The third kappa shape index (κ3) is 4.82. The molecular weight excluding hydrogens is 236 g/mol. The second kappa shape index (κ2) is 7.68. The van der Waals surface area contributed by atoms with Crippen molar-refractivity contribution in [3.8, 4) is 11.8 Å². The van der Waals surface area contributed by atoms with E-state index in [0.29, 0.717) is 0 Å². The normalized spacial score (nSPS) is 16.4. The van der Waals surface area contributed by atoms with Crippen LogP contribution in [0.25, 0.3) is 0 Å². The number of benzene rings is 1. The molecule has 0 atom stereocenters. The fraction of sp³-hybridized carbons (Fsp3) is 0.562. The van der Waals surface area contributed by atoms with Crippen molar-refractivity contribution < 1.29 is 4.74 Å². The molecule has 0 heterocycles. The maximum Gasteiger partial charge on any atom is 0.174 e. The van der Waals surface area contributed by atoms with Crippen LogP contribution in [-0.4, -0.2) is 13.2 Å². The van der Waals surface area contributed by atoms with Gasteiger partial charge in [-0.05, 0) is 30.9 Å². The van der Waals surface area contributed by atoms with Gasteiger partial charge in [-0.25, -0.2) is 0 Å². The molecule has 1 aromatic carbocycles. The minimum atomic E-state index is 0.103. The molecule has 102 valence electrons. The first-order valence-electron chi connectivity index (χ1n) is 7.22. The summed E-state index contributed by atoms with van der Waals surface area (Å²) in [6.45, 7) is 1.15. The van der Waals surface area contributed by atoms with Gasteiger partial charge in [0.15, 0.2) is 6.61 Å². The Morgan fingerprint density at radius 2 is 2.00 bits per heavy atom. The molecule has 0 amide bonds. The minimum Gasteiger partial charge on any atom is -0.479 e. The van der Waals surface area contributed by atoms with Crippen LogP contribution in [0, 0.1) is 17.2 Å². The van der Waals surface area contributed by atoms with E-state index in [1.807, 2.05) is 24.3 Å². The van der Waals surface area contributed by atoms with Crippen LogP contribution in [0.3, 0.4) is 0 Å². The Labute approximate surface area is 115 Å². The monoisotopic (exact) mass is 258 g/mol. The molecule has 0 bridgehead atoms. The second-order valence-electron chi connectivity index (χ2n) is 5.21. The lowest BCUT2D eigenvalue weighted by molar-refractivity contribution is 0.368. The molecule has 0 radical (unpaired) electrons. The Morgan fingerprint density at radius 3 is 2.74 bits per heavy atom. The summed E-state index contributed by atoms with van der Waals surface area (Å²) in [5.74, 6) is 1.55. The number of hydrogen-bond acceptors (Lipinski definition) is 3. The summed E-state index contributed by atoms with van der Waals surface area (Å²) in [4.78, 5) is 0. The molecule has 3 nitrogen and oxygen atoms in total. The largest absolute Gasteiger partial charge is 0.479 e. The van der Waals surface area contributed by atoms with Gasteiger partial charge in [0.1, 0.15) is 11.8 Å². The quantitative estimate of drug-likeness (QED) is 0.813. The minimum absolute atomic E-state index is 0.103. The van der Waals surface area contributed by atoms with Crippen molar-refractivity contribution in [2.24, 2.45) is 5.92 Å². The predicted molar refractivity (Wildman–Crippen MR) is 77.2 cm³/mol. The second-order valence-corrected chi connectivity index (χ2v) is 5.21. The van der Waals surface area contributed by atoms with Gasteiger partial charge in [0, 0.05) is 18.3 Å². The van der Waals surface area contributed by atoms with E-state index in [9.17, 15) is 0 Å². The zero-order valence-corrected chi connectivity index (χ0v) is 11.4. The van der Waals surface area contributed by atoms with Gasteiger partial charge in [-0.15, -0.1) is 0 Å². The molecule has 3 heteroatoms. The lowest BCUT2D eigenvalue weighted by Crippen LogP contribution is -2.13. The fourth-order valence-electron chi connectivity index (χ4n) is 2.64. The van der Waals surface area contributed by atoms with Gasteiger partial charge in [-0.3, -0.25) is 0 Å². The van der Waals surface area contributed by atoms with E-state index in [4.69, 9.17) is 10.00 Å². The summed E-state index contributed by atoms with van der Waals surface area (Å²) in [5.41, 5.74) is 1.08. The van der Waals surface area contributed by atoms with Crippen LogP contribution < -0.4 is 10.1 Å². The highest BCUT2D eigenvalue weighted by molar-refractivity contribution is 5.48. The molecule has 0 aliphatic heterocycles.